The third kappa shape index (κ3) is 4.37. The highest BCUT2D eigenvalue weighted by Gasteiger charge is 2.09. The number of pyridine rings is 2. The van der Waals surface area contributed by atoms with E-state index in [-0.39, 0.29) is 6.61 Å². The summed E-state index contributed by atoms with van der Waals surface area (Å²) in [5.74, 6) is 0.332. The molecule has 0 saturated heterocycles. The molecule has 0 unspecified atom stereocenters. The molecule has 0 atom stereocenters. The second-order valence-electron chi connectivity index (χ2n) is 4.80. The first kappa shape index (κ1) is 15.6. The van der Waals surface area contributed by atoms with Crippen molar-refractivity contribution in [1.82, 2.24) is 9.97 Å². The first-order valence-electron chi connectivity index (χ1n) is 7.22. The first-order valence-corrected chi connectivity index (χ1v) is 7.22. The molecule has 0 bridgehead atoms. The van der Waals surface area contributed by atoms with Crippen molar-refractivity contribution < 1.29 is 19.3 Å². The second kappa shape index (κ2) is 7.85. The number of carbonyl (C=O) groups is 1. The molecule has 0 fully saturated rings. The molecule has 2 aromatic heterocycles. The summed E-state index contributed by atoms with van der Waals surface area (Å²) in [5.41, 5.74) is 1.36. The molecule has 0 saturated carbocycles. The fourth-order valence-electron chi connectivity index (χ4n) is 1.89. The van der Waals surface area contributed by atoms with Crippen LogP contribution in [-0.4, -0.2) is 15.9 Å². The minimum Gasteiger partial charge on any atom is -0.423 e. The van der Waals surface area contributed by atoms with Crippen LogP contribution < -0.4 is 9.62 Å². The van der Waals surface area contributed by atoms with Crippen LogP contribution in [-0.2, 0) is 11.5 Å². The molecule has 24 heavy (non-hydrogen) atoms. The van der Waals surface area contributed by atoms with Crippen molar-refractivity contribution in [2.75, 3.05) is 0 Å². The van der Waals surface area contributed by atoms with Crippen LogP contribution >= 0.6 is 0 Å². The number of esters is 1. The van der Waals surface area contributed by atoms with Crippen LogP contribution in [0.25, 0.3) is 0 Å². The molecule has 120 valence electrons. The number of hydrogen-bond donors (Lipinski definition) is 0. The third-order valence-electron chi connectivity index (χ3n) is 3.06. The van der Waals surface area contributed by atoms with Crippen molar-refractivity contribution in [3.63, 3.8) is 0 Å². The maximum Gasteiger partial charge on any atom is 0.343 e. The van der Waals surface area contributed by atoms with Gasteiger partial charge in [-0.1, -0.05) is 6.07 Å². The minimum atomic E-state index is -0.466. The normalized spacial score (nSPS) is 10.2. The predicted octanol–water partition coefficient (Wildman–Crippen LogP) is 3.21. The molecule has 0 radical (unpaired) electrons. The van der Waals surface area contributed by atoms with Crippen molar-refractivity contribution in [3.05, 3.63) is 84.4 Å². The summed E-state index contributed by atoms with van der Waals surface area (Å²) in [6.07, 6.45) is 6.42. The summed E-state index contributed by atoms with van der Waals surface area (Å²) in [7, 11) is 0. The Bertz CT molecular complexity index is 794. The topological polar surface area (TPSA) is 70.5 Å². The van der Waals surface area contributed by atoms with E-state index in [0.29, 0.717) is 17.1 Å². The Balaban J connectivity index is 1.57. The van der Waals surface area contributed by atoms with Gasteiger partial charge in [0.25, 0.3) is 0 Å². The van der Waals surface area contributed by atoms with Crippen LogP contribution in [0.5, 0.6) is 11.5 Å². The summed E-state index contributed by atoms with van der Waals surface area (Å²) in [6, 6.07) is 13.5. The zero-order chi connectivity index (χ0) is 16.6. The number of aromatic nitrogens is 2. The molecule has 2 heterocycles. The summed E-state index contributed by atoms with van der Waals surface area (Å²) in [6.45, 7) is 0.281. The van der Waals surface area contributed by atoms with Crippen molar-refractivity contribution in [2.24, 2.45) is 0 Å². The van der Waals surface area contributed by atoms with Gasteiger partial charge in [-0.2, -0.15) is 4.89 Å². The van der Waals surface area contributed by atoms with Crippen LogP contribution in [0.2, 0.25) is 0 Å². The maximum absolute atomic E-state index is 12.0. The van der Waals surface area contributed by atoms with Crippen LogP contribution in [0.1, 0.15) is 15.9 Å². The van der Waals surface area contributed by atoms with E-state index in [4.69, 9.17) is 14.5 Å². The largest absolute Gasteiger partial charge is 0.423 e. The lowest BCUT2D eigenvalue weighted by molar-refractivity contribution is -0.217. The van der Waals surface area contributed by atoms with E-state index >= 15 is 0 Å². The van der Waals surface area contributed by atoms with E-state index in [2.05, 4.69) is 9.97 Å². The molecule has 1 aromatic carbocycles. The van der Waals surface area contributed by atoms with Gasteiger partial charge in [0.2, 0.25) is 0 Å². The highest BCUT2D eigenvalue weighted by molar-refractivity contribution is 5.90. The smallest absolute Gasteiger partial charge is 0.343 e. The van der Waals surface area contributed by atoms with Crippen molar-refractivity contribution in [3.8, 4) is 11.5 Å². The van der Waals surface area contributed by atoms with Gasteiger partial charge in [-0.3, -0.25) is 9.97 Å². The van der Waals surface area contributed by atoms with E-state index in [9.17, 15) is 4.79 Å². The SMILES string of the molecule is O=C(Oc1cccc(OOCc2ccncc2)c1)c1ccncc1. The molecule has 6 heteroatoms. The number of hydrogen-bond acceptors (Lipinski definition) is 6. The van der Waals surface area contributed by atoms with E-state index in [1.54, 1.807) is 48.8 Å². The van der Waals surface area contributed by atoms with Crippen LogP contribution in [0, 0.1) is 0 Å². The Morgan fingerprint density at radius 3 is 2.29 bits per heavy atom. The Morgan fingerprint density at radius 2 is 1.54 bits per heavy atom. The van der Waals surface area contributed by atoms with Crippen LogP contribution in [0.15, 0.2) is 73.3 Å². The molecule has 0 amide bonds. The molecule has 0 aliphatic rings. The molecule has 3 rings (SSSR count). The second-order valence-corrected chi connectivity index (χ2v) is 4.80. The summed E-state index contributed by atoms with van der Waals surface area (Å²) in [5, 5.41) is 0. The summed E-state index contributed by atoms with van der Waals surface area (Å²) in [4.78, 5) is 30.2. The van der Waals surface area contributed by atoms with Crippen LogP contribution in [0.3, 0.4) is 0 Å². The Hall–Kier alpha value is -3.25. The molecule has 0 aliphatic heterocycles. The van der Waals surface area contributed by atoms with Gasteiger partial charge >= 0.3 is 5.97 Å². The van der Waals surface area contributed by atoms with Gasteiger partial charge in [0.1, 0.15) is 12.4 Å². The summed E-state index contributed by atoms with van der Waals surface area (Å²) < 4.78 is 5.30. The van der Waals surface area contributed by atoms with E-state index < -0.39 is 5.97 Å². The zero-order valence-electron chi connectivity index (χ0n) is 12.7. The molecule has 6 nitrogen and oxygen atoms in total. The highest BCUT2D eigenvalue weighted by atomic mass is 17.2. The van der Waals surface area contributed by atoms with Crippen molar-refractivity contribution >= 4 is 5.97 Å². The third-order valence-corrected chi connectivity index (χ3v) is 3.06. The lowest BCUT2D eigenvalue weighted by Crippen LogP contribution is -2.08. The monoisotopic (exact) mass is 322 g/mol. The van der Waals surface area contributed by atoms with Crippen molar-refractivity contribution in [1.29, 1.82) is 0 Å². The van der Waals surface area contributed by atoms with Gasteiger partial charge in [0.15, 0.2) is 5.75 Å². The lowest BCUT2D eigenvalue weighted by Gasteiger charge is -2.07. The Morgan fingerprint density at radius 1 is 0.875 bits per heavy atom. The average Bonchev–Trinajstić information content (AvgIpc) is 2.64. The molecule has 0 aliphatic carbocycles. The average molecular weight is 322 g/mol. The molecular weight excluding hydrogens is 308 g/mol. The van der Waals surface area contributed by atoms with E-state index in [1.807, 2.05) is 12.1 Å². The minimum absolute atomic E-state index is 0.281. The van der Waals surface area contributed by atoms with Gasteiger partial charge < -0.3 is 9.62 Å². The fraction of sp³-hybridized carbons (Fsp3) is 0.0556. The Kier molecular flexibility index (Phi) is 5.11. The zero-order valence-corrected chi connectivity index (χ0v) is 12.7. The van der Waals surface area contributed by atoms with Gasteiger partial charge in [-0.25, -0.2) is 4.79 Å². The van der Waals surface area contributed by atoms with Gasteiger partial charge in [0, 0.05) is 30.9 Å². The standard InChI is InChI=1S/C18H14N2O4/c21-18(15-6-10-20-11-7-15)23-16-2-1-3-17(12-16)24-22-13-14-4-8-19-9-5-14/h1-12H,13H2. The van der Waals surface area contributed by atoms with Crippen LogP contribution in [0.4, 0.5) is 0 Å². The number of carbonyl (C=O) groups excluding carboxylic acids is 1. The lowest BCUT2D eigenvalue weighted by atomic mass is 10.3. The molecule has 0 N–H and O–H groups in total. The quantitative estimate of drug-likeness (QED) is 0.300. The Labute approximate surface area is 138 Å². The number of ether oxygens (including phenoxy) is 1. The molecular formula is C18H14N2O4. The first-order chi connectivity index (χ1) is 11.8. The summed E-state index contributed by atoms with van der Waals surface area (Å²) >= 11 is 0. The van der Waals surface area contributed by atoms with Gasteiger partial charge in [0.05, 0.1) is 5.56 Å². The van der Waals surface area contributed by atoms with E-state index in [1.165, 1.54) is 12.4 Å². The maximum atomic E-state index is 12.0. The number of rotatable bonds is 6. The molecule has 0 spiro atoms. The van der Waals surface area contributed by atoms with E-state index in [0.717, 1.165) is 5.56 Å². The van der Waals surface area contributed by atoms with Gasteiger partial charge in [-0.05, 0) is 42.0 Å². The fourth-order valence-corrected chi connectivity index (χ4v) is 1.89. The van der Waals surface area contributed by atoms with Crippen molar-refractivity contribution in [2.45, 2.75) is 6.61 Å². The number of benzene rings is 1. The van der Waals surface area contributed by atoms with Gasteiger partial charge in [-0.15, -0.1) is 0 Å². The number of nitrogens with zero attached hydrogens (tertiary/aromatic N) is 2. The predicted molar refractivity (Wildman–Crippen MR) is 85.3 cm³/mol. The highest BCUT2D eigenvalue weighted by Crippen LogP contribution is 2.21. The molecule has 3 aromatic rings.